The molecule has 1 saturated carbocycles. The molecule has 20 heavy (non-hydrogen) atoms. The van der Waals surface area contributed by atoms with E-state index in [0.717, 1.165) is 17.7 Å². The first-order chi connectivity index (χ1) is 9.34. The minimum atomic E-state index is -0.484. The van der Waals surface area contributed by atoms with E-state index in [1.54, 1.807) is 0 Å². The van der Waals surface area contributed by atoms with E-state index in [4.69, 9.17) is 4.74 Å². The van der Waals surface area contributed by atoms with Crippen molar-refractivity contribution >= 4 is 11.8 Å². The zero-order chi connectivity index (χ0) is 14.8. The number of amides is 1. The maximum Gasteiger partial charge on any atom is 0.412 e. The lowest BCUT2D eigenvalue weighted by molar-refractivity contribution is 0.0635. The van der Waals surface area contributed by atoms with Crippen molar-refractivity contribution in [2.24, 2.45) is 0 Å². The second-order valence-electron chi connectivity index (χ2n) is 6.49. The Morgan fingerprint density at radius 2 is 1.95 bits per heavy atom. The molecule has 1 aromatic carbocycles. The minimum Gasteiger partial charge on any atom is -0.444 e. The van der Waals surface area contributed by atoms with Crippen molar-refractivity contribution in [3.05, 3.63) is 29.8 Å². The Morgan fingerprint density at radius 3 is 2.50 bits per heavy atom. The van der Waals surface area contributed by atoms with Crippen molar-refractivity contribution in [3.8, 4) is 0 Å². The summed E-state index contributed by atoms with van der Waals surface area (Å²) in [6.45, 7) is 5.58. The number of hydrogen-bond acceptors (Lipinski definition) is 3. The predicted molar refractivity (Wildman–Crippen MR) is 81.0 cm³/mol. The van der Waals surface area contributed by atoms with Crippen LogP contribution in [0.5, 0.6) is 0 Å². The second kappa shape index (κ2) is 5.44. The standard InChI is InChI=1S/C16H24N2O2/c1-15(2,3)20-14(19)18-13-8-6-5-7-12(13)11-16(17-4)9-10-16/h5-8,17H,9-11H2,1-4H3,(H,18,19). The fraction of sp³-hybridized carbons (Fsp3) is 0.562. The Morgan fingerprint density at radius 1 is 1.30 bits per heavy atom. The lowest BCUT2D eigenvalue weighted by atomic mass is 10.0. The highest BCUT2D eigenvalue weighted by Gasteiger charge is 2.41. The van der Waals surface area contributed by atoms with Gasteiger partial charge in [0, 0.05) is 11.2 Å². The van der Waals surface area contributed by atoms with Crippen molar-refractivity contribution in [2.75, 3.05) is 12.4 Å². The molecule has 0 unspecified atom stereocenters. The lowest BCUT2D eigenvalue weighted by Gasteiger charge is -2.21. The summed E-state index contributed by atoms with van der Waals surface area (Å²) in [4.78, 5) is 11.9. The number of likely N-dealkylation sites (N-methyl/N-ethyl adjacent to an activating group) is 1. The molecule has 1 aliphatic carbocycles. The molecular formula is C16H24N2O2. The number of carbonyl (C=O) groups excluding carboxylic acids is 1. The van der Waals surface area contributed by atoms with Gasteiger partial charge in [-0.2, -0.15) is 0 Å². The fourth-order valence-electron chi connectivity index (χ4n) is 2.24. The topological polar surface area (TPSA) is 50.4 Å². The van der Waals surface area contributed by atoms with E-state index in [2.05, 4.69) is 16.7 Å². The molecule has 2 rings (SSSR count). The molecule has 4 nitrogen and oxygen atoms in total. The number of para-hydroxylation sites is 1. The minimum absolute atomic E-state index is 0.214. The summed E-state index contributed by atoms with van der Waals surface area (Å²) in [6, 6.07) is 7.91. The summed E-state index contributed by atoms with van der Waals surface area (Å²) < 4.78 is 5.30. The summed E-state index contributed by atoms with van der Waals surface area (Å²) in [5.41, 5.74) is 1.71. The monoisotopic (exact) mass is 276 g/mol. The van der Waals surface area contributed by atoms with E-state index in [0.29, 0.717) is 0 Å². The molecule has 0 atom stereocenters. The van der Waals surface area contributed by atoms with E-state index in [1.165, 1.54) is 12.8 Å². The fourth-order valence-corrected chi connectivity index (χ4v) is 2.24. The van der Waals surface area contributed by atoms with Gasteiger partial charge in [0.2, 0.25) is 0 Å². The van der Waals surface area contributed by atoms with Gasteiger partial charge in [-0.1, -0.05) is 18.2 Å². The first-order valence-corrected chi connectivity index (χ1v) is 7.10. The maximum atomic E-state index is 11.9. The quantitative estimate of drug-likeness (QED) is 0.887. The zero-order valence-corrected chi connectivity index (χ0v) is 12.7. The van der Waals surface area contributed by atoms with Crippen molar-refractivity contribution in [3.63, 3.8) is 0 Å². The number of carbonyl (C=O) groups is 1. The molecule has 0 heterocycles. The van der Waals surface area contributed by atoms with Crippen LogP contribution >= 0.6 is 0 Å². The molecule has 0 saturated heterocycles. The molecule has 0 radical (unpaired) electrons. The Kier molecular flexibility index (Phi) is 4.04. The van der Waals surface area contributed by atoms with Crippen LogP contribution in [0, 0.1) is 0 Å². The average molecular weight is 276 g/mol. The molecule has 0 spiro atoms. The molecule has 1 amide bonds. The normalized spacial score (nSPS) is 16.6. The van der Waals surface area contributed by atoms with E-state index in [1.807, 2.05) is 46.0 Å². The summed E-state index contributed by atoms with van der Waals surface area (Å²) >= 11 is 0. The number of anilines is 1. The van der Waals surface area contributed by atoms with Crippen molar-refractivity contribution in [1.82, 2.24) is 5.32 Å². The second-order valence-corrected chi connectivity index (χ2v) is 6.49. The first kappa shape index (κ1) is 14.9. The molecule has 0 aromatic heterocycles. The van der Waals surface area contributed by atoms with E-state index in [-0.39, 0.29) is 5.54 Å². The first-order valence-electron chi connectivity index (χ1n) is 7.10. The molecule has 1 fully saturated rings. The number of rotatable bonds is 4. The van der Waals surface area contributed by atoms with Gasteiger partial charge in [-0.25, -0.2) is 4.79 Å². The Labute approximate surface area is 120 Å². The molecule has 0 aliphatic heterocycles. The molecule has 0 bridgehead atoms. The highest BCUT2D eigenvalue weighted by Crippen LogP contribution is 2.39. The Balaban J connectivity index is 2.06. The summed E-state index contributed by atoms with van der Waals surface area (Å²) in [5, 5.41) is 6.23. The van der Waals surface area contributed by atoms with Crippen LogP contribution in [0.25, 0.3) is 0 Å². The predicted octanol–water partition coefficient (Wildman–Crippen LogP) is 3.33. The van der Waals surface area contributed by atoms with Crippen LogP contribution in [0.4, 0.5) is 10.5 Å². The summed E-state index contributed by atoms with van der Waals surface area (Å²) in [5.74, 6) is 0. The largest absolute Gasteiger partial charge is 0.444 e. The van der Waals surface area contributed by atoms with Gasteiger partial charge in [0.15, 0.2) is 0 Å². The third-order valence-corrected chi connectivity index (χ3v) is 3.57. The molecular weight excluding hydrogens is 252 g/mol. The molecule has 4 heteroatoms. The number of nitrogens with one attached hydrogen (secondary N) is 2. The van der Waals surface area contributed by atoms with Crippen LogP contribution in [-0.2, 0) is 11.2 Å². The van der Waals surface area contributed by atoms with E-state index >= 15 is 0 Å². The lowest BCUT2D eigenvalue weighted by Crippen LogP contribution is -2.31. The zero-order valence-electron chi connectivity index (χ0n) is 12.7. The van der Waals surface area contributed by atoms with Crippen LogP contribution in [0.2, 0.25) is 0 Å². The van der Waals surface area contributed by atoms with Crippen molar-refractivity contribution in [2.45, 2.75) is 51.2 Å². The van der Waals surface area contributed by atoms with Gasteiger partial charge in [-0.15, -0.1) is 0 Å². The van der Waals surface area contributed by atoms with E-state index in [9.17, 15) is 4.79 Å². The maximum absolute atomic E-state index is 11.9. The van der Waals surface area contributed by atoms with Crippen LogP contribution in [-0.4, -0.2) is 24.3 Å². The Hall–Kier alpha value is -1.55. The van der Waals surface area contributed by atoms with Crippen LogP contribution in [0.3, 0.4) is 0 Å². The number of ether oxygens (including phenoxy) is 1. The number of benzene rings is 1. The smallest absolute Gasteiger partial charge is 0.412 e. The molecule has 1 aromatic rings. The Bertz CT molecular complexity index is 487. The van der Waals surface area contributed by atoms with Gasteiger partial charge >= 0.3 is 6.09 Å². The molecule has 110 valence electrons. The summed E-state index contributed by atoms with van der Waals surface area (Å²) in [6.07, 6.45) is 2.89. The summed E-state index contributed by atoms with van der Waals surface area (Å²) in [7, 11) is 2.00. The van der Waals surface area contributed by atoms with Gasteiger partial charge in [-0.3, -0.25) is 5.32 Å². The highest BCUT2D eigenvalue weighted by atomic mass is 16.6. The molecule has 1 aliphatic rings. The number of hydrogen-bond donors (Lipinski definition) is 2. The third kappa shape index (κ3) is 3.97. The van der Waals surface area contributed by atoms with Gasteiger partial charge in [0.25, 0.3) is 0 Å². The van der Waals surface area contributed by atoms with Crippen molar-refractivity contribution in [1.29, 1.82) is 0 Å². The van der Waals surface area contributed by atoms with Gasteiger partial charge in [-0.05, 0) is 58.7 Å². The van der Waals surface area contributed by atoms with Gasteiger partial charge in [0.05, 0.1) is 0 Å². The van der Waals surface area contributed by atoms with Gasteiger partial charge < -0.3 is 10.1 Å². The molecule has 2 N–H and O–H groups in total. The third-order valence-electron chi connectivity index (χ3n) is 3.57. The van der Waals surface area contributed by atoms with Crippen molar-refractivity contribution < 1.29 is 9.53 Å². The van der Waals surface area contributed by atoms with Crippen LogP contribution < -0.4 is 10.6 Å². The van der Waals surface area contributed by atoms with Gasteiger partial charge in [0.1, 0.15) is 5.60 Å². The highest BCUT2D eigenvalue weighted by molar-refractivity contribution is 5.86. The van der Waals surface area contributed by atoms with Crippen LogP contribution in [0.15, 0.2) is 24.3 Å². The average Bonchev–Trinajstić information content (AvgIpc) is 3.10. The van der Waals surface area contributed by atoms with Crippen LogP contribution in [0.1, 0.15) is 39.2 Å². The SMILES string of the molecule is CNC1(Cc2ccccc2NC(=O)OC(C)(C)C)CC1. The van der Waals surface area contributed by atoms with E-state index < -0.39 is 11.7 Å².